The Balaban J connectivity index is 1.92. The monoisotopic (exact) mass is 284 g/mol. The van der Waals surface area contributed by atoms with Crippen molar-refractivity contribution >= 4 is 5.97 Å². The maximum Gasteiger partial charge on any atom is 0.336 e. The van der Waals surface area contributed by atoms with Gasteiger partial charge < -0.3 is 14.6 Å². The molecule has 0 aliphatic carbocycles. The molecular weight excluding hydrogens is 268 g/mol. The quantitative estimate of drug-likeness (QED) is 0.937. The summed E-state index contributed by atoms with van der Waals surface area (Å²) in [6.45, 7) is 0. The number of rotatable bonds is 3. The first-order valence-electron chi connectivity index (χ1n) is 6.85. The SMILES string of the molecule is COc1ccc2c(c1)CCC(c1ccccc1C(=O)O)O2. The molecule has 0 bridgehead atoms. The summed E-state index contributed by atoms with van der Waals surface area (Å²) >= 11 is 0. The van der Waals surface area contributed by atoms with Crippen molar-refractivity contribution in [3.63, 3.8) is 0 Å². The second-order valence-corrected chi connectivity index (χ2v) is 5.01. The first kappa shape index (κ1) is 13.5. The van der Waals surface area contributed by atoms with Crippen LogP contribution in [-0.4, -0.2) is 18.2 Å². The Morgan fingerprint density at radius 3 is 2.86 bits per heavy atom. The molecule has 0 amide bonds. The van der Waals surface area contributed by atoms with Gasteiger partial charge >= 0.3 is 5.97 Å². The van der Waals surface area contributed by atoms with Crippen molar-refractivity contribution in [2.75, 3.05) is 7.11 Å². The highest BCUT2D eigenvalue weighted by Gasteiger charge is 2.25. The Kier molecular flexibility index (Phi) is 3.52. The summed E-state index contributed by atoms with van der Waals surface area (Å²) in [7, 11) is 1.64. The van der Waals surface area contributed by atoms with E-state index in [1.807, 2.05) is 30.3 Å². The van der Waals surface area contributed by atoms with Crippen LogP contribution in [0.15, 0.2) is 42.5 Å². The third-order valence-corrected chi connectivity index (χ3v) is 3.75. The molecule has 1 atom stereocenters. The molecule has 108 valence electrons. The van der Waals surface area contributed by atoms with Crippen LogP contribution in [0.25, 0.3) is 0 Å². The van der Waals surface area contributed by atoms with Gasteiger partial charge in [-0.3, -0.25) is 0 Å². The molecule has 2 aromatic rings. The Bertz CT molecular complexity index is 678. The smallest absolute Gasteiger partial charge is 0.336 e. The van der Waals surface area contributed by atoms with Crippen molar-refractivity contribution in [3.8, 4) is 11.5 Å². The number of fused-ring (bicyclic) bond motifs is 1. The highest BCUT2D eigenvalue weighted by Crippen LogP contribution is 2.37. The average molecular weight is 284 g/mol. The Morgan fingerprint density at radius 2 is 2.10 bits per heavy atom. The van der Waals surface area contributed by atoms with Crippen LogP contribution in [0, 0.1) is 0 Å². The summed E-state index contributed by atoms with van der Waals surface area (Å²) in [5.74, 6) is 0.684. The third kappa shape index (κ3) is 2.57. The van der Waals surface area contributed by atoms with E-state index in [2.05, 4.69) is 0 Å². The molecule has 0 aromatic heterocycles. The van der Waals surface area contributed by atoms with Crippen LogP contribution in [-0.2, 0) is 6.42 Å². The van der Waals surface area contributed by atoms with Gasteiger partial charge in [-0.2, -0.15) is 0 Å². The number of carbonyl (C=O) groups is 1. The van der Waals surface area contributed by atoms with E-state index in [-0.39, 0.29) is 6.10 Å². The van der Waals surface area contributed by atoms with E-state index >= 15 is 0 Å². The first-order valence-corrected chi connectivity index (χ1v) is 6.85. The minimum Gasteiger partial charge on any atom is -0.497 e. The number of carboxylic acid groups (broad SMARTS) is 1. The minimum atomic E-state index is -0.922. The van der Waals surface area contributed by atoms with Gasteiger partial charge in [0, 0.05) is 5.56 Å². The Morgan fingerprint density at radius 1 is 1.29 bits per heavy atom. The summed E-state index contributed by atoms with van der Waals surface area (Å²) in [4.78, 5) is 11.3. The first-order chi connectivity index (χ1) is 10.2. The van der Waals surface area contributed by atoms with Gasteiger partial charge in [-0.05, 0) is 42.7 Å². The van der Waals surface area contributed by atoms with Crippen LogP contribution < -0.4 is 9.47 Å². The molecule has 21 heavy (non-hydrogen) atoms. The fraction of sp³-hybridized carbons (Fsp3) is 0.235. The minimum absolute atomic E-state index is 0.224. The lowest BCUT2D eigenvalue weighted by molar-refractivity contribution is 0.0689. The van der Waals surface area contributed by atoms with Crippen LogP contribution in [0.3, 0.4) is 0 Å². The van der Waals surface area contributed by atoms with Gasteiger partial charge in [0.15, 0.2) is 0 Å². The molecule has 4 heteroatoms. The topological polar surface area (TPSA) is 55.8 Å². The van der Waals surface area contributed by atoms with Crippen LogP contribution in [0.2, 0.25) is 0 Å². The largest absolute Gasteiger partial charge is 0.497 e. The predicted octanol–water partition coefficient (Wildman–Crippen LogP) is 3.46. The van der Waals surface area contributed by atoms with E-state index < -0.39 is 5.97 Å². The summed E-state index contributed by atoms with van der Waals surface area (Å²) in [6.07, 6.45) is 1.37. The zero-order valence-electron chi connectivity index (χ0n) is 11.7. The van der Waals surface area contributed by atoms with Gasteiger partial charge in [-0.1, -0.05) is 18.2 Å². The van der Waals surface area contributed by atoms with E-state index in [4.69, 9.17) is 9.47 Å². The van der Waals surface area contributed by atoms with Crippen molar-refractivity contribution in [2.24, 2.45) is 0 Å². The van der Waals surface area contributed by atoms with Gasteiger partial charge in [-0.25, -0.2) is 4.79 Å². The van der Waals surface area contributed by atoms with Crippen LogP contribution in [0.1, 0.15) is 34.0 Å². The molecule has 1 heterocycles. The zero-order valence-corrected chi connectivity index (χ0v) is 11.7. The molecule has 0 radical (unpaired) electrons. The molecule has 0 saturated carbocycles. The normalized spacial score (nSPS) is 16.7. The van der Waals surface area contributed by atoms with Crippen molar-refractivity contribution in [1.82, 2.24) is 0 Å². The molecule has 1 aliphatic heterocycles. The predicted molar refractivity (Wildman–Crippen MR) is 78.1 cm³/mol. The van der Waals surface area contributed by atoms with Crippen molar-refractivity contribution in [1.29, 1.82) is 0 Å². The fourth-order valence-corrected chi connectivity index (χ4v) is 2.68. The number of benzene rings is 2. The van der Waals surface area contributed by atoms with Crippen molar-refractivity contribution < 1.29 is 19.4 Å². The summed E-state index contributed by atoms with van der Waals surface area (Å²) < 4.78 is 11.2. The third-order valence-electron chi connectivity index (χ3n) is 3.75. The molecule has 4 nitrogen and oxygen atoms in total. The average Bonchev–Trinajstić information content (AvgIpc) is 2.53. The molecule has 0 saturated heterocycles. The highest BCUT2D eigenvalue weighted by atomic mass is 16.5. The number of methoxy groups -OCH3 is 1. The van der Waals surface area contributed by atoms with Gasteiger partial charge in [0.05, 0.1) is 12.7 Å². The van der Waals surface area contributed by atoms with Crippen molar-refractivity contribution in [2.45, 2.75) is 18.9 Å². The maximum atomic E-state index is 11.3. The summed E-state index contributed by atoms with van der Waals surface area (Å²) in [5, 5.41) is 9.29. The second kappa shape index (κ2) is 5.48. The fourth-order valence-electron chi connectivity index (χ4n) is 2.68. The van der Waals surface area contributed by atoms with E-state index in [1.165, 1.54) is 0 Å². The number of aryl methyl sites for hydroxylation is 1. The van der Waals surface area contributed by atoms with E-state index in [0.29, 0.717) is 5.56 Å². The standard InChI is InChI=1S/C17H16O4/c1-20-12-7-9-15-11(10-12)6-8-16(21-15)13-4-2-3-5-14(13)17(18)19/h2-5,7,9-10,16H,6,8H2,1H3,(H,18,19). The molecule has 1 unspecified atom stereocenters. The van der Waals surface area contributed by atoms with E-state index in [1.54, 1.807) is 19.2 Å². The molecular formula is C17H16O4. The highest BCUT2D eigenvalue weighted by molar-refractivity contribution is 5.89. The van der Waals surface area contributed by atoms with Gasteiger partial charge in [0.2, 0.25) is 0 Å². The zero-order chi connectivity index (χ0) is 14.8. The maximum absolute atomic E-state index is 11.3. The van der Waals surface area contributed by atoms with Gasteiger partial charge in [-0.15, -0.1) is 0 Å². The molecule has 0 spiro atoms. The lowest BCUT2D eigenvalue weighted by atomic mass is 9.94. The number of ether oxygens (including phenoxy) is 2. The van der Waals surface area contributed by atoms with Crippen LogP contribution in [0.5, 0.6) is 11.5 Å². The number of hydrogen-bond acceptors (Lipinski definition) is 3. The van der Waals surface area contributed by atoms with E-state index in [9.17, 15) is 9.90 Å². The number of aromatic carboxylic acids is 1. The van der Waals surface area contributed by atoms with Crippen molar-refractivity contribution in [3.05, 3.63) is 59.2 Å². The molecule has 1 N–H and O–H groups in total. The van der Waals surface area contributed by atoms with Crippen LogP contribution >= 0.6 is 0 Å². The van der Waals surface area contributed by atoms with Gasteiger partial charge in [0.25, 0.3) is 0 Å². The molecule has 3 rings (SSSR count). The van der Waals surface area contributed by atoms with E-state index in [0.717, 1.165) is 35.5 Å². The van der Waals surface area contributed by atoms with Gasteiger partial charge in [0.1, 0.15) is 17.6 Å². The summed E-state index contributed by atoms with van der Waals surface area (Å²) in [5.41, 5.74) is 2.13. The lowest BCUT2D eigenvalue weighted by Gasteiger charge is -2.27. The Labute approximate surface area is 122 Å². The number of carboxylic acids is 1. The number of hydrogen-bond donors (Lipinski definition) is 1. The molecule has 2 aromatic carbocycles. The summed E-state index contributed by atoms with van der Waals surface area (Å²) in [6, 6.07) is 12.7. The Hall–Kier alpha value is -2.49. The molecule has 1 aliphatic rings. The second-order valence-electron chi connectivity index (χ2n) is 5.01. The lowest BCUT2D eigenvalue weighted by Crippen LogP contribution is -2.18. The molecule has 0 fully saturated rings. The van der Waals surface area contributed by atoms with Crippen LogP contribution in [0.4, 0.5) is 0 Å².